The number of hydrogen-bond acceptors (Lipinski definition) is 3. The van der Waals surface area contributed by atoms with Crippen LogP contribution in [0.2, 0.25) is 0 Å². The first-order valence-corrected chi connectivity index (χ1v) is 6.99. The average molecular weight is 270 g/mol. The van der Waals surface area contributed by atoms with E-state index in [1.165, 1.54) is 4.90 Å². The molecule has 2 rings (SSSR count). The number of carboxylic acid groups (broad SMARTS) is 1. The van der Waals surface area contributed by atoms with Crippen LogP contribution in [0.15, 0.2) is 0 Å². The fourth-order valence-corrected chi connectivity index (χ4v) is 2.57. The van der Waals surface area contributed by atoms with Crippen LogP contribution in [-0.4, -0.2) is 59.4 Å². The molecule has 2 aliphatic heterocycles. The highest BCUT2D eigenvalue weighted by atomic mass is 16.6. The lowest BCUT2D eigenvalue weighted by Crippen LogP contribution is -2.44. The quantitative estimate of drug-likeness (QED) is 0.791. The number of carbonyl (C=O) groups is 2. The highest BCUT2D eigenvalue weighted by Crippen LogP contribution is 2.19. The molecule has 6 nitrogen and oxygen atoms in total. The summed E-state index contributed by atoms with van der Waals surface area (Å²) in [5.41, 5.74) is 0. The summed E-state index contributed by atoms with van der Waals surface area (Å²) in [6.45, 7) is 4.64. The molecule has 0 spiro atoms. The zero-order chi connectivity index (χ0) is 13.8. The number of likely N-dealkylation sites (tertiary alicyclic amines) is 2. The fraction of sp³-hybridized carbons (Fsp3) is 0.846. The van der Waals surface area contributed by atoms with E-state index in [1.807, 2.05) is 0 Å². The molecule has 2 aliphatic rings. The van der Waals surface area contributed by atoms with E-state index >= 15 is 0 Å². The zero-order valence-corrected chi connectivity index (χ0v) is 11.4. The normalized spacial score (nSPS) is 22.4. The van der Waals surface area contributed by atoms with Crippen molar-refractivity contribution in [2.24, 2.45) is 5.92 Å². The second-order valence-electron chi connectivity index (χ2n) is 5.52. The molecule has 0 aromatic rings. The molecule has 0 radical (unpaired) electrons. The lowest BCUT2D eigenvalue weighted by atomic mass is 10.00. The van der Waals surface area contributed by atoms with Gasteiger partial charge >= 0.3 is 12.2 Å². The molecule has 0 aromatic carbocycles. The molecular weight excluding hydrogens is 248 g/mol. The van der Waals surface area contributed by atoms with Gasteiger partial charge in [-0.3, -0.25) is 0 Å². The molecule has 0 atom stereocenters. The van der Waals surface area contributed by atoms with Gasteiger partial charge in [0.2, 0.25) is 0 Å². The van der Waals surface area contributed by atoms with Crippen LogP contribution in [0, 0.1) is 5.92 Å². The fourth-order valence-electron chi connectivity index (χ4n) is 2.57. The topological polar surface area (TPSA) is 70.1 Å². The van der Waals surface area contributed by atoms with Crippen LogP contribution in [0.25, 0.3) is 0 Å². The molecule has 0 bridgehead atoms. The first kappa shape index (κ1) is 14.0. The Morgan fingerprint density at radius 3 is 2.05 bits per heavy atom. The minimum Gasteiger partial charge on any atom is -0.465 e. The Hall–Kier alpha value is -1.46. The molecule has 108 valence electrons. The van der Waals surface area contributed by atoms with Crippen LogP contribution in [0.3, 0.4) is 0 Å². The van der Waals surface area contributed by atoms with Crippen LogP contribution in [-0.2, 0) is 4.74 Å². The molecule has 0 aliphatic carbocycles. The Bertz CT molecular complexity index is 332. The van der Waals surface area contributed by atoms with E-state index in [9.17, 15) is 9.59 Å². The molecule has 2 amide bonds. The molecule has 2 saturated heterocycles. The van der Waals surface area contributed by atoms with Gasteiger partial charge < -0.3 is 19.6 Å². The monoisotopic (exact) mass is 270 g/mol. The highest BCUT2D eigenvalue weighted by molar-refractivity contribution is 5.68. The largest absolute Gasteiger partial charge is 0.465 e. The van der Waals surface area contributed by atoms with Crippen molar-refractivity contribution in [3.63, 3.8) is 0 Å². The predicted molar refractivity (Wildman–Crippen MR) is 69.1 cm³/mol. The van der Waals surface area contributed by atoms with E-state index in [0.29, 0.717) is 31.8 Å². The van der Waals surface area contributed by atoms with Crippen molar-refractivity contribution in [2.45, 2.75) is 38.7 Å². The Morgan fingerprint density at radius 2 is 1.53 bits per heavy atom. The summed E-state index contributed by atoms with van der Waals surface area (Å²) in [4.78, 5) is 25.9. The molecule has 2 fully saturated rings. The number of rotatable bonds is 1. The number of ether oxygens (including phenoxy) is 1. The third-order valence-corrected chi connectivity index (χ3v) is 4.02. The minimum atomic E-state index is -0.894. The van der Waals surface area contributed by atoms with Crippen LogP contribution in [0.4, 0.5) is 9.59 Å². The predicted octanol–water partition coefficient (Wildman–Crippen LogP) is 2.00. The van der Waals surface area contributed by atoms with Crippen molar-refractivity contribution in [2.75, 3.05) is 26.2 Å². The van der Waals surface area contributed by atoms with Gasteiger partial charge in [-0.05, 0) is 18.8 Å². The third kappa shape index (κ3) is 3.75. The molecule has 19 heavy (non-hydrogen) atoms. The third-order valence-electron chi connectivity index (χ3n) is 4.02. The minimum absolute atomic E-state index is 0.137. The number of nitrogens with zero attached hydrogens (tertiary/aromatic N) is 2. The second-order valence-corrected chi connectivity index (χ2v) is 5.52. The maximum Gasteiger partial charge on any atom is 0.410 e. The maximum absolute atomic E-state index is 12.0. The van der Waals surface area contributed by atoms with Crippen molar-refractivity contribution in [3.05, 3.63) is 0 Å². The number of carbonyl (C=O) groups excluding carboxylic acids is 1. The van der Waals surface area contributed by atoms with Crippen molar-refractivity contribution < 1.29 is 19.4 Å². The van der Waals surface area contributed by atoms with Gasteiger partial charge in [-0.1, -0.05) is 6.92 Å². The summed E-state index contributed by atoms with van der Waals surface area (Å²) in [5.74, 6) is 0.683. The highest BCUT2D eigenvalue weighted by Gasteiger charge is 2.28. The SMILES string of the molecule is CC1CCN(C(=O)OC2CCN(C(=O)O)CC2)CC1. The summed E-state index contributed by atoms with van der Waals surface area (Å²) >= 11 is 0. The van der Waals surface area contributed by atoms with Gasteiger partial charge in [0, 0.05) is 39.0 Å². The number of hydrogen-bond donors (Lipinski definition) is 1. The molecule has 1 N–H and O–H groups in total. The van der Waals surface area contributed by atoms with Crippen molar-refractivity contribution in [1.29, 1.82) is 0 Å². The van der Waals surface area contributed by atoms with E-state index in [4.69, 9.17) is 9.84 Å². The van der Waals surface area contributed by atoms with Crippen molar-refractivity contribution >= 4 is 12.2 Å². The molecule has 2 heterocycles. The Balaban J connectivity index is 1.73. The van der Waals surface area contributed by atoms with E-state index in [1.54, 1.807) is 4.90 Å². The number of piperidine rings is 2. The van der Waals surface area contributed by atoms with Crippen LogP contribution in [0.5, 0.6) is 0 Å². The average Bonchev–Trinajstić information content (AvgIpc) is 2.40. The van der Waals surface area contributed by atoms with Crippen molar-refractivity contribution in [1.82, 2.24) is 9.80 Å². The van der Waals surface area contributed by atoms with Gasteiger partial charge in [-0.2, -0.15) is 0 Å². The molecule has 0 aromatic heterocycles. The van der Waals surface area contributed by atoms with Crippen molar-refractivity contribution in [3.8, 4) is 0 Å². The van der Waals surface area contributed by atoms with Gasteiger partial charge in [-0.25, -0.2) is 9.59 Å². The zero-order valence-electron chi connectivity index (χ0n) is 11.4. The van der Waals surface area contributed by atoms with E-state index in [0.717, 1.165) is 25.9 Å². The van der Waals surface area contributed by atoms with E-state index in [-0.39, 0.29) is 12.2 Å². The molecule has 0 unspecified atom stereocenters. The van der Waals surface area contributed by atoms with Gasteiger partial charge in [0.1, 0.15) is 6.10 Å². The summed E-state index contributed by atoms with van der Waals surface area (Å²) in [5, 5.41) is 8.85. The summed E-state index contributed by atoms with van der Waals surface area (Å²) in [6.07, 6.45) is 2.00. The lowest BCUT2D eigenvalue weighted by Gasteiger charge is -2.33. The van der Waals surface area contributed by atoms with Gasteiger partial charge in [0.05, 0.1) is 0 Å². The van der Waals surface area contributed by atoms with E-state index < -0.39 is 6.09 Å². The second kappa shape index (κ2) is 6.12. The number of amides is 2. The van der Waals surface area contributed by atoms with Gasteiger partial charge in [0.25, 0.3) is 0 Å². The smallest absolute Gasteiger partial charge is 0.410 e. The first-order valence-electron chi connectivity index (χ1n) is 6.99. The van der Waals surface area contributed by atoms with Crippen LogP contribution < -0.4 is 0 Å². The van der Waals surface area contributed by atoms with Gasteiger partial charge in [0.15, 0.2) is 0 Å². The van der Waals surface area contributed by atoms with E-state index in [2.05, 4.69) is 6.92 Å². The van der Waals surface area contributed by atoms with Crippen LogP contribution >= 0.6 is 0 Å². The summed E-state index contributed by atoms with van der Waals surface area (Å²) < 4.78 is 5.46. The Labute approximate surface area is 113 Å². The summed E-state index contributed by atoms with van der Waals surface area (Å²) in [7, 11) is 0. The molecule has 0 saturated carbocycles. The standard InChI is InChI=1S/C13H22N2O4/c1-10-2-6-15(7-3-10)13(18)19-11-4-8-14(9-5-11)12(16)17/h10-11H,2-9H2,1H3,(H,16,17). The maximum atomic E-state index is 12.0. The lowest BCUT2D eigenvalue weighted by molar-refractivity contribution is 0.0249. The molecule has 6 heteroatoms. The Morgan fingerprint density at radius 1 is 1.00 bits per heavy atom. The molecular formula is C13H22N2O4. The first-order chi connectivity index (χ1) is 9.06. The Kier molecular flexibility index (Phi) is 4.50. The van der Waals surface area contributed by atoms with Crippen LogP contribution in [0.1, 0.15) is 32.6 Å². The van der Waals surface area contributed by atoms with Gasteiger partial charge in [-0.15, -0.1) is 0 Å². The summed E-state index contributed by atoms with van der Waals surface area (Å²) in [6, 6.07) is 0.